The zero-order chi connectivity index (χ0) is 18.0. The van der Waals surface area contributed by atoms with Crippen molar-refractivity contribution in [1.82, 2.24) is 5.32 Å². The van der Waals surface area contributed by atoms with E-state index in [2.05, 4.69) is 24.4 Å². The van der Waals surface area contributed by atoms with Gasteiger partial charge < -0.3 is 0 Å². The minimum atomic E-state index is -0.0526. The number of unbranched alkanes of at least 4 members (excludes halogenated alkanes) is 13. The molecule has 144 valence electrons. The molecule has 1 nitrogen and oxygen atoms in total. The van der Waals surface area contributed by atoms with E-state index in [0.717, 1.165) is 12.1 Å². The highest BCUT2D eigenvalue weighted by Gasteiger charge is 2.04. The Morgan fingerprint density at radius 3 is 1.60 bits per heavy atom. The molecule has 0 aliphatic carbocycles. The lowest BCUT2D eigenvalue weighted by Gasteiger charge is -2.11. The molecule has 0 aliphatic rings. The van der Waals surface area contributed by atoms with Crippen molar-refractivity contribution >= 4 is 11.6 Å². The fraction of sp³-hybridized carbons (Fsp3) is 0.739. The quantitative estimate of drug-likeness (QED) is 0.167. The molecule has 0 radical (unpaired) electrons. The molecule has 0 aliphatic heterocycles. The van der Waals surface area contributed by atoms with E-state index in [4.69, 9.17) is 11.6 Å². The molecule has 25 heavy (non-hydrogen) atoms. The standard InChI is InChI=1S/C23H40ClN/c1-2-3-4-5-6-7-8-9-10-11-12-13-14-18-21-25-23(24)22-19-16-15-17-20-22/h15-17,19-20,23,25H,2-14,18,21H2,1H3. The van der Waals surface area contributed by atoms with Crippen LogP contribution in [0.2, 0.25) is 0 Å². The van der Waals surface area contributed by atoms with Crippen molar-refractivity contribution < 1.29 is 0 Å². The summed E-state index contributed by atoms with van der Waals surface area (Å²) in [6, 6.07) is 10.3. The van der Waals surface area contributed by atoms with Gasteiger partial charge in [0.2, 0.25) is 0 Å². The van der Waals surface area contributed by atoms with Crippen LogP contribution in [0, 0.1) is 0 Å². The lowest BCUT2D eigenvalue weighted by molar-refractivity contribution is 0.528. The number of hydrogen-bond donors (Lipinski definition) is 1. The summed E-state index contributed by atoms with van der Waals surface area (Å²) >= 11 is 6.35. The van der Waals surface area contributed by atoms with Crippen LogP contribution in [0.1, 0.15) is 108 Å². The van der Waals surface area contributed by atoms with E-state index in [1.54, 1.807) is 0 Å². The first-order valence-corrected chi connectivity index (χ1v) is 11.2. The van der Waals surface area contributed by atoms with Gasteiger partial charge in [-0.2, -0.15) is 0 Å². The number of rotatable bonds is 17. The Balaban J connectivity index is 1.77. The van der Waals surface area contributed by atoms with Crippen molar-refractivity contribution in [2.75, 3.05) is 6.54 Å². The summed E-state index contributed by atoms with van der Waals surface area (Å²) in [5, 5.41) is 3.41. The number of halogens is 1. The monoisotopic (exact) mass is 365 g/mol. The van der Waals surface area contributed by atoms with Crippen LogP contribution in [0.5, 0.6) is 0 Å². The fourth-order valence-electron chi connectivity index (χ4n) is 3.29. The van der Waals surface area contributed by atoms with Gasteiger partial charge in [-0.3, -0.25) is 5.32 Å². The molecule has 1 unspecified atom stereocenters. The van der Waals surface area contributed by atoms with Crippen molar-refractivity contribution in [1.29, 1.82) is 0 Å². The molecule has 0 aromatic heterocycles. The van der Waals surface area contributed by atoms with Gasteiger partial charge in [-0.25, -0.2) is 0 Å². The van der Waals surface area contributed by atoms with E-state index in [-0.39, 0.29) is 5.50 Å². The zero-order valence-electron chi connectivity index (χ0n) is 16.4. The normalized spacial score (nSPS) is 12.4. The van der Waals surface area contributed by atoms with Crippen LogP contribution in [-0.4, -0.2) is 6.54 Å². The van der Waals surface area contributed by atoms with Crippen LogP contribution in [0.25, 0.3) is 0 Å². The lowest BCUT2D eigenvalue weighted by atomic mass is 10.0. The van der Waals surface area contributed by atoms with Crippen LogP contribution in [0.4, 0.5) is 0 Å². The van der Waals surface area contributed by atoms with Gasteiger partial charge in [-0.05, 0) is 18.5 Å². The lowest BCUT2D eigenvalue weighted by Crippen LogP contribution is -2.17. The molecule has 1 rings (SSSR count). The Hall–Kier alpha value is -0.530. The maximum absolute atomic E-state index is 6.35. The maximum atomic E-state index is 6.35. The van der Waals surface area contributed by atoms with Crippen LogP contribution in [-0.2, 0) is 0 Å². The Kier molecular flexibility index (Phi) is 15.2. The predicted octanol–water partition coefficient (Wildman–Crippen LogP) is 7.99. The molecule has 1 aromatic carbocycles. The molecular formula is C23H40ClN. The highest BCUT2D eigenvalue weighted by atomic mass is 35.5. The van der Waals surface area contributed by atoms with Gasteiger partial charge in [0.25, 0.3) is 0 Å². The van der Waals surface area contributed by atoms with E-state index >= 15 is 0 Å². The molecule has 0 bridgehead atoms. The Labute approximate surface area is 161 Å². The third kappa shape index (κ3) is 13.3. The minimum Gasteiger partial charge on any atom is -0.298 e. The summed E-state index contributed by atoms with van der Waals surface area (Å²) in [7, 11) is 0. The molecule has 0 spiro atoms. The zero-order valence-corrected chi connectivity index (χ0v) is 17.2. The number of alkyl halides is 1. The van der Waals surface area contributed by atoms with Crippen LogP contribution < -0.4 is 5.32 Å². The molecule has 1 N–H and O–H groups in total. The third-order valence-electron chi connectivity index (χ3n) is 4.95. The third-order valence-corrected chi connectivity index (χ3v) is 5.35. The van der Waals surface area contributed by atoms with E-state index in [1.165, 1.54) is 89.9 Å². The molecule has 0 saturated carbocycles. The molecule has 2 heteroatoms. The van der Waals surface area contributed by atoms with Gasteiger partial charge in [0.1, 0.15) is 5.50 Å². The van der Waals surface area contributed by atoms with Crippen molar-refractivity contribution in [2.24, 2.45) is 0 Å². The average Bonchev–Trinajstić information content (AvgIpc) is 2.65. The first-order valence-electron chi connectivity index (χ1n) is 10.8. The second-order valence-electron chi connectivity index (χ2n) is 7.32. The topological polar surface area (TPSA) is 12.0 Å². The van der Waals surface area contributed by atoms with Crippen molar-refractivity contribution in [3.05, 3.63) is 35.9 Å². The average molecular weight is 366 g/mol. The summed E-state index contributed by atoms with van der Waals surface area (Å²) in [6.07, 6.45) is 19.7. The Bertz CT molecular complexity index is 379. The number of benzene rings is 1. The first-order chi connectivity index (χ1) is 12.3. The van der Waals surface area contributed by atoms with Gasteiger partial charge >= 0.3 is 0 Å². The Morgan fingerprint density at radius 2 is 1.12 bits per heavy atom. The molecular weight excluding hydrogens is 326 g/mol. The van der Waals surface area contributed by atoms with Gasteiger partial charge in [-0.1, -0.05) is 121 Å². The van der Waals surface area contributed by atoms with Crippen LogP contribution >= 0.6 is 11.6 Å². The van der Waals surface area contributed by atoms with Gasteiger partial charge in [-0.15, -0.1) is 11.6 Å². The number of hydrogen-bond acceptors (Lipinski definition) is 1. The molecule has 1 atom stereocenters. The largest absolute Gasteiger partial charge is 0.298 e. The summed E-state index contributed by atoms with van der Waals surface area (Å²) in [6.45, 7) is 3.30. The van der Waals surface area contributed by atoms with Crippen LogP contribution in [0.3, 0.4) is 0 Å². The smallest absolute Gasteiger partial charge is 0.108 e. The van der Waals surface area contributed by atoms with Gasteiger partial charge in [0.05, 0.1) is 0 Å². The van der Waals surface area contributed by atoms with Gasteiger partial charge in [0, 0.05) is 0 Å². The van der Waals surface area contributed by atoms with Crippen molar-refractivity contribution in [2.45, 2.75) is 102 Å². The highest BCUT2D eigenvalue weighted by molar-refractivity contribution is 6.20. The van der Waals surface area contributed by atoms with E-state index < -0.39 is 0 Å². The predicted molar refractivity (Wildman–Crippen MR) is 113 cm³/mol. The molecule has 0 fully saturated rings. The first kappa shape index (κ1) is 22.5. The summed E-state index contributed by atoms with van der Waals surface area (Å²) in [5.41, 5.74) is 1.11. The highest BCUT2D eigenvalue weighted by Crippen LogP contribution is 2.17. The summed E-state index contributed by atoms with van der Waals surface area (Å²) < 4.78 is 0. The summed E-state index contributed by atoms with van der Waals surface area (Å²) in [5.74, 6) is 0. The number of nitrogens with one attached hydrogen (secondary N) is 1. The molecule has 0 amide bonds. The van der Waals surface area contributed by atoms with E-state index in [0.29, 0.717) is 0 Å². The maximum Gasteiger partial charge on any atom is 0.108 e. The van der Waals surface area contributed by atoms with E-state index in [9.17, 15) is 0 Å². The molecule has 0 saturated heterocycles. The minimum absolute atomic E-state index is 0.0526. The summed E-state index contributed by atoms with van der Waals surface area (Å²) in [4.78, 5) is 0. The van der Waals surface area contributed by atoms with Crippen LogP contribution in [0.15, 0.2) is 30.3 Å². The van der Waals surface area contributed by atoms with Crippen molar-refractivity contribution in [3.8, 4) is 0 Å². The second kappa shape index (κ2) is 16.9. The molecule has 0 heterocycles. The fourth-order valence-corrected chi connectivity index (χ4v) is 3.54. The van der Waals surface area contributed by atoms with E-state index in [1.807, 2.05) is 18.2 Å². The Morgan fingerprint density at radius 1 is 0.680 bits per heavy atom. The van der Waals surface area contributed by atoms with Gasteiger partial charge in [0.15, 0.2) is 0 Å². The second-order valence-corrected chi connectivity index (χ2v) is 7.76. The van der Waals surface area contributed by atoms with Crippen molar-refractivity contribution in [3.63, 3.8) is 0 Å². The molecule has 1 aromatic rings. The SMILES string of the molecule is CCCCCCCCCCCCCCCCNC(Cl)c1ccccc1.